The SMILES string of the molecule is CN=C(NCc1ccc(COCC(F)(F)F)cc1)NCC1(c2ccccc2)CCOCC1. The lowest BCUT2D eigenvalue weighted by Crippen LogP contribution is -2.47. The van der Waals surface area contributed by atoms with Gasteiger partial charge in [-0.3, -0.25) is 4.99 Å². The van der Waals surface area contributed by atoms with Crippen LogP contribution in [0.3, 0.4) is 0 Å². The Bertz CT molecular complexity index is 849. The highest BCUT2D eigenvalue weighted by Gasteiger charge is 2.34. The summed E-state index contributed by atoms with van der Waals surface area (Å²) in [6, 6.07) is 17.8. The van der Waals surface area contributed by atoms with Gasteiger partial charge in [0, 0.05) is 38.8 Å². The van der Waals surface area contributed by atoms with E-state index in [-0.39, 0.29) is 12.0 Å². The van der Waals surface area contributed by atoms with E-state index in [9.17, 15) is 13.2 Å². The van der Waals surface area contributed by atoms with E-state index >= 15 is 0 Å². The molecule has 1 saturated heterocycles. The molecule has 2 aromatic rings. The molecule has 1 heterocycles. The summed E-state index contributed by atoms with van der Waals surface area (Å²) in [5.74, 6) is 0.699. The van der Waals surface area contributed by atoms with E-state index in [4.69, 9.17) is 9.47 Å². The predicted octanol–water partition coefficient (Wildman–Crippen LogP) is 4.18. The van der Waals surface area contributed by atoms with Crippen molar-refractivity contribution in [2.75, 3.05) is 33.4 Å². The monoisotopic (exact) mass is 449 g/mol. The molecule has 1 aliphatic heterocycles. The summed E-state index contributed by atoms with van der Waals surface area (Å²) in [5.41, 5.74) is 2.99. The van der Waals surface area contributed by atoms with Crippen LogP contribution in [0.1, 0.15) is 29.5 Å². The number of nitrogens with one attached hydrogen (secondary N) is 2. The Kier molecular flexibility index (Phi) is 8.53. The van der Waals surface area contributed by atoms with Crippen LogP contribution in [-0.4, -0.2) is 45.5 Å². The van der Waals surface area contributed by atoms with Gasteiger partial charge in [-0.25, -0.2) is 0 Å². The summed E-state index contributed by atoms with van der Waals surface area (Å²) in [4.78, 5) is 4.33. The van der Waals surface area contributed by atoms with Gasteiger partial charge in [-0.05, 0) is 29.5 Å². The molecule has 0 amide bonds. The molecule has 0 saturated carbocycles. The molecule has 1 fully saturated rings. The van der Waals surface area contributed by atoms with Crippen molar-refractivity contribution in [1.82, 2.24) is 10.6 Å². The number of benzene rings is 2. The molecule has 174 valence electrons. The zero-order valence-electron chi connectivity index (χ0n) is 18.3. The summed E-state index contributed by atoms with van der Waals surface area (Å²) in [5, 5.41) is 6.76. The molecule has 0 aromatic heterocycles. The fourth-order valence-corrected chi connectivity index (χ4v) is 3.82. The van der Waals surface area contributed by atoms with E-state index in [1.54, 1.807) is 19.2 Å². The standard InChI is InChI=1S/C24H30F3N3O2/c1-28-22(29-15-19-7-9-20(10-8-19)16-32-18-24(25,26)27)30-17-23(11-13-31-14-12-23)21-5-3-2-4-6-21/h2-10H,11-18H2,1H3,(H2,28,29,30). The van der Waals surface area contributed by atoms with Crippen molar-refractivity contribution in [2.24, 2.45) is 4.99 Å². The maximum Gasteiger partial charge on any atom is 0.411 e. The van der Waals surface area contributed by atoms with E-state index < -0.39 is 12.8 Å². The van der Waals surface area contributed by atoms with Crippen LogP contribution in [0.2, 0.25) is 0 Å². The topological polar surface area (TPSA) is 54.9 Å². The van der Waals surface area contributed by atoms with Crippen molar-refractivity contribution >= 4 is 5.96 Å². The predicted molar refractivity (Wildman–Crippen MR) is 119 cm³/mol. The summed E-state index contributed by atoms with van der Waals surface area (Å²) < 4.78 is 46.8. The maximum atomic E-state index is 12.2. The number of rotatable bonds is 8. The fraction of sp³-hybridized carbons (Fsp3) is 0.458. The second kappa shape index (κ2) is 11.3. The summed E-state index contributed by atoms with van der Waals surface area (Å²) >= 11 is 0. The van der Waals surface area contributed by atoms with Gasteiger partial charge < -0.3 is 20.1 Å². The van der Waals surface area contributed by atoms with Crippen molar-refractivity contribution in [2.45, 2.75) is 37.6 Å². The lowest BCUT2D eigenvalue weighted by Gasteiger charge is -2.38. The maximum absolute atomic E-state index is 12.2. The van der Waals surface area contributed by atoms with Crippen LogP contribution in [0.5, 0.6) is 0 Å². The minimum absolute atomic E-state index is 0.00477. The third-order valence-corrected chi connectivity index (χ3v) is 5.67. The third-order valence-electron chi connectivity index (χ3n) is 5.67. The molecule has 8 heteroatoms. The number of halogens is 3. The third kappa shape index (κ3) is 7.24. The average molecular weight is 450 g/mol. The lowest BCUT2D eigenvalue weighted by atomic mass is 9.74. The Morgan fingerprint density at radius 2 is 1.66 bits per heavy atom. The number of ether oxygens (including phenoxy) is 2. The molecular formula is C24H30F3N3O2. The Hall–Kier alpha value is -2.58. The normalized spacial score (nSPS) is 16.6. The number of nitrogens with zero attached hydrogens (tertiary/aromatic N) is 1. The summed E-state index contributed by atoms with van der Waals surface area (Å²) in [7, 11) is 1.73. The number of hydrogen-bond acceptors (Lipinski definition) is 3. The zero-order valence-corrected chi connectivity index (χ0v) is 18.3. The first-order chi connectivity index (χ1) is 15.4. The van der Waals surface area contributed by atoms with E-state index in [0.29, 0.717) is 18.1 Å². The van der Waals surface area contributed by atoms with Gasteiger partial charge in [-0.15, -0.1) is 0 Å². The largest absolute Gasteiger partial charge is 0.411 e. The lowest BCUT2D eigenvalue weighted by molar-refractivity contribution is -0.176. The Morgan fingerprint density at radius 3 is 2.28 bits per heavy atom. The van der Waals surface area contributed by atoms with E-state index in [2.05, 4.69) is 39.9 Å². The van der Waals surface area contributed by atoms with Gasteiger partial charge in [0.15, 0.2) is 5.96 Å². The van der Waals surface area contributed by atoms with Crippen LogP contribution in [0.4, 0.5) is 13.2 Å². The molecular weight excluding hydrogens is 419 g/mol. The second-order valence-electron chi connectivity index (χ2n) is 7.96. The fourth-order valence-electron chi connectivity index (χ4n) is 3.82. The first-order valence-electron chi connectivity index (χ1n) is 10.7. The highest BCUT2D eigenvalue weighted by atomic mass is 19.4. The molecule has 0 aliphatic carbocycles. The van der Waals surface area contributed by atoms with Crippen molar-refractivity contribution < 1.29 is 22.6 Å². The second-order valence-corrected chi connectivity index (χ2v) is 7.96. The van der Waals surface area contributed by atoms with Gasteiger partial charge >= 0.3 is 6.18 Å². The first-order valence-corrected chi connectivity index (χ1v) is 10.7. The van der Waals surface area contributed by atoms with E-state index in [0.717, 1.165) is 38.2 Å². The molecule has 3 rings (SSSR count). The molecule has 5 nitrogen and oxygen atoms in total. The van der Waals surface area contributed by atoms with Crippen molar-refractivity contribution in [3.63, 3.8) is 0 Å². The van der Waals surface area contributed by atoms with Gasteiger partial charge in [0.25, 0.3) is 0 Å². The van der Waals surface area contributed by atoms with E-state index in [1.807, 2.05) is 18.2 Å². The van der Waals surface area contributed by atoms with Crippen LogP contribution in [-0.2, 0) is 28.0 Å². The molecule has 32 heavy (non-hydrogen) atoms. The van der Waals surface area contributed by atoms with Gasteiger partial charge in [0.05, 0.1) is 6.61 Å². The van der Waals surface area contributed by atoms with E-state index in [1.165, 1.54) is 5.56 Å². The van der Waals surface area contributed by atoms with Crippen molar-refractivity contribution in [3.8, 4) is 0 Å². The first kappa shape index (κ1) is 24.1. The zero-order chi connectivity index (χ0) is 22.9. The molecule has 0 unspecified atom stereocenters. The quantitative estimate of drug-likeness (QED) is 0.469. The van der Waals surface area contributed by atoms with Gasteiger partial charge in [-0.1, -0.05) is 54.6 Å². The number of guanidine groups is 1. The number of alkyl halides is 3. The highest BCUT2D eigenvalue weighted by molar-refractivity contribution is 5.79. The number of aliphatic imine (C=N–C) groups is 1. The molecule has 1 aliphatic rings. The average Bonchev–Trinajstić information content (AvgIpc) is 2.80. The van der Waals surface area contributed by atoms with Crippen molar-refractivity contribution in [3.05, 3.63) is 71.3 Å². The molecule has 0 atom stereocenters. The molecule has 0 radical (unpaired) electrons. The molecule has 0 bridgehead atoms. The number of hydrogen-bond donors (Lipinski definition) is 2. The van der Waals surface area contributed by atoms with Gasteiger partial charge in [0.1, 0.15) is 6.61 Å². The minimum Gasteiger partial charge on any atom is -0.381 e. The van der Waals surface area contributed by atoms with Crippen LogP contribution in [0.15, 0.2) is 59.6 Å². The Morgan fingerprint density at radius 1 is 1.00 bits per heavy atom. The smallest absolute Gasteiger partial charge is 0.381 e. The summed E-state index contributed by atoms with van der Waals surface area (Å²) in [6.07, 6.45) is -2.42. The molecule has 0 spiro atoms. The molecule has 2 aromatic carbocycles. The van der Waals surface area contributed by atoms with Crippen LogP contribution in [0, 0.1) is 0 Å². The van der Waals surface area contributed by atoms with Gasteiger partial charge in [0.2, 0.25) is 0 Å². The van der Waals surface area contributed by atoms with Crippen LogP contribution in [0.25, 0.3) is 0 Å². The van der Waals surface area contributed by atoms with Crippen molar-refractivity contribution in [1.29, 1.82) is 0 Å². The Balaban J connectivity index is 1.51. The van der Waals surface area contributed by atoms with Gasteiger partial charge in [-0.2, -0.15) is 13.2 Å². The highest BCUT2D eigenvalue weighted by Crippen LogP contribution is 2.34. The summed E-state index contributed by atoms with van der Waals surface area (Å²) in [6.45, 7) is 1.46. The minimum atomic E-state index is -4.31. The molecule has 2 N–H and O–H groups in total. The van der Waals surface area contributed by atoms with Crippen LogP contribution < -0.4 is 10.6 Å². The Labute approximate surface area is 187 Å². The van der Waals surface area contributed by atoms with Crippen LogP contribution >= 0.6 is 0 Å².